The molecule has 0 bridgehead atoms. The maximum atomic E-state index is 4.66. The van der Waals surface area contributed by atoms with Crippen molar-refractivity contribution in [3.8, 4) is 11.5 Å². The standard InChI is InChI=1S/C13H10N3.Ga.H/c1-9-5-6-10-12(8-9)16-13(15-10)11-4-2-3-7-14-11;;/h2-8H,1H3;;/q-1;+1;. The summed E-state index contributed by atoms with van der Waals surface area (Å²) >= 11 is 1.02. The number of benzene rings is 1. The monoisotopic (exact) mass is 278 g/mol. The molecule has 3 aromatic rings. The zero-order valence-corrected chi connectivity index (χ0v) is 12.6. The van der Waals surface area contributed by atoms with Gasteiger partial charge in [-0.05, 0) is 0 Å². The van der Waals surface area contributed by atoms with Crippen LogP contribution in [0.4, 0.5) is 0 Å². The third-order valence-corrected chi connectivity index (χ3v) is 4.14. The molecule has 0 saturated carbocycles. The fraction of sp³-hybridized carbons (Fsp3) is 0.0769. The molecule has 2 aromatic heterocycles. The van der Waals surface area contributed by atoms with Crippen molar-refractivity contribution in [2.24, 2.45) is 0 Å². The van der Waals surface area contributed by atoms with E-state index in [0.29, 0.717) is 0 Å². The van der Waals surface area contributed by atoms with Crippen LogP contribution in [0.3, 0.4) is 0 Å². The van der Waals surface area contributed by atoms with E-state index in [4.69, 9.17) is 0 Å². The van der Waals surface area contributed by atoms with E-state index >= 15 is 0 Å². The van der Waals surface area contributed by atoms with Crippen LogP contribution in [0.15, 0.2) is 42.6 Å². The van der Waals surface area contributed by atoms with Crippen LogP contribution in [0.2, 0.25) is 0 Å². The molecule has 1 radical (unpaired) electrons. The Hall–Kier alpha value is -1.52. The number of aromatic nitrogens is 3. The molecule has 3 rings (SSSR count). The Morgan fingerprint density at radius 2 is 2.06 bits per heavy atom. The number of nitrogens with zero attached hydrogens (tertiary/aromatic N) is 3. The van der Waals surface area contributed by atoms with Crippen LogP contribution in [0.1, 0.15) is 5.56 Å². The van der Waals surface area contributed by atoms with Crippen molar-refractivity contribution in [1.82, 2.24) is 13.2 Å². The van der Waals surface area contributed by atoms with E-state index in [-0.39, 0.29) is 0 Å². The van der Waals surface area contributed by atoms with Crippen LogP contribution < -0.4 is 0 Å². The molecule has 0 unspecified atom stereocenters. The van der Waals surface area contributed by atoms with Crippen molar-refractivity contribution >= 4 is 29.9 Å². The molecule has 4 heteroatoms. The predicted octanol–water partition coefficient (Wildman–Crippen LogP) is 2.07. The number of hydrogen-bond donors (Lipinski definition) is 0. The SMILES string of the molecule is Cc1ccc2nc(-c3ccccn3)[n]([GaH])c2c1. The summed E-state index contributed by atoms with van der Waals surface area (Å²) in [5.41, 5.74) is 4.44. The van der Waals surface area contributed by atoms with E-state index < -0.39 is 0 Å². The van der Waals surface area contributed by atoms with Gasteiger partial charge in [0, 0.05) is 0 Å². The molecule has 0 amide bonds. The van der Waals surface area contributed by atoms with Crippen LogP contribution in [0.25, 0.3) is 22.6 Å². The molecule has 1 aromatic carbocycles. The Kier molecular flexibility index (Phi) is 2.53. The van der Waals surface area contributed by atoms with Gasteiger partial charge in [-0.2, -0.15) is 0 Å². The van der Waals surface area contributed by atoms with E-state index in [1.165, 1.54) is 11.1 Å². The van der Waals surface area contributed by atoms with Gasteiger partial charge >= 0.3 is 110 Å². The van der Waals surface area contributed by atoms with Crippen molar-refractivity contribution in [3.63, 3.8) is 0 Å². The first-order valence-corrected chi connectivity index (χ1v) is 6.80. The fourth-order valence-corrected chi connectivity index (χ4v) is 2.94. The van der Waals surface area contributed by atoms with Gasteiger partial charge in [-0.1, -0.05) is 0 Å². The van der Waals surface area contributed by atoms with Crippen LogP contribution in [-0.2, 0) is 0 Å². The molecule has 81 valence electrons. The molecular weight excluding hydrogens is 268 g/mol. The van der Waals surface area contributed by atoms with E-state index in [0.717, 1.165) is 35.9 Å². The van der Waals surface area contributed by atoms with E-state index in [1.807, 2.05) is 18.2 Å². The minimum absolute atomic E-state index is 0.938. The average Bonchev–Trinajstić information content (AvgIpc) is 2.68. The van der Waals surface area contributed by atoms with Gasteiger partial charge < -0.3 is 0 Å². The summed E-state index contributed by atoms with van der Waals surface area (Å²) in [4.78, 5) is 9.02. The second-order valence-corrected chi connectivity index (χ2v) is 5.40. The van der Waals surface area contributed by atoms with Gasteiger partial charge in [-0.25, -0.2) is 0 Å². The molecule has 0 atom stereocenters. The van der Waals surface area contributed by atoms with Gasteiger partial charge in [0.2, 0.25) is 0 Å². The van der Waals surface area contributed by atoms with Gasteiger partial charge in [0.1, 0.15) is 0 Å². The molecule has 3 nitrogen and oxygen atoms in total. The van der Waals surface area contributed by atoms with Crippen LogP contribution in [-0.4, -0.2) is 32.1 Å². The Balaban J connectivity index is 2.28. The summed E-state index contributed by atoms with van der Waals surface area (Å²) in [5, 5.41) is 0. The molecule has 17 heavy (non-hydrogen) atoms. The molecule has 0 saturated heterocycles. The number of fused-ring (bicyclic) bond motifs is 1. The van der Waals surface area contributed by atoms with Gasteiger partial charge in [-0.15, -0.1) is 0 Å². The summed E-state index contributed by atoms with van der Waals surface area (Å²) in [7, 11) is 0. The quantitative estimate of drug-likeness (QED) is 0.638. The summed E-state index contributed by atoms with van der Waals surface area (Å²) in [6.45, 7) is 2.10. The maximum absolute atomic E-state index is 4.66. The second-order valence-electron chi connectivity index (χ2n) is 4.07. The molecule has 0 spiro atoms. The van der Waals surface area contributed by atoms with E-state index in [9.17, 15) is 0 Å². The van der Waals surface area contributed by atoms with E-state index in [2.05, 4.69) is 38.4 Å². The second kappa shape index (κ2) is 4.05. The van der Waals surface area contributed by atoms with Gasteiger partial charge in [-0.3, -0.25) is 0 Å². The molecule has 2 heterocycles. The van der Waals surface area contributed by atoms with Crippen LogP contribution >= 0.6 is 0 Å². The van der Waals surface area contributed by atoms with Crippen LogP contribution in [0, 0.1) is 6.92 Å². The Bertz CT molecular complexity index is 674. The molecular formula is C13H11GaN3. The molecule has 0 fully saturated rings. The fourth-order valence-electron chi connectivity index (χ4n) is 1.92. The van der Waals surface area contributed by atoms with Crippen molar-refractivity contribution in [2.75, 3.05) is 0 Å². The van der Waals surface area contributed by atoms with Gasteiger partial charge in [0.25, 0.3) is 0 Å². The first-order valence-electron chi connectivity index (χ1n) is 5.47. The first kappa shape index (κ1) is 10.6. The molecule has 0 N–H and O–H groups in total. The third kappa shape index (κ3) is 1.79. The first-order chi connectivity index (χ1) is 8.25. The predicted molar refractivity (Wildman–Crippen MR) is 70.2 cm³/mol. The number of aryl methyl sites for hydroxylation is 1. The Morgan fingerprint density at radius 3 is 2.82 bits per heavy atom. The van der Waals surface area contributed by atoms with Crippen molar-refractivity contribution in [1.29, 1.82) is 0 Å². The molecule has 0 aliphatic heterocycles. The number of pyridine rings is 1. The summed E-state index contributed by atoms with van der Waals surface area (Å²) in [6, 6.07) is 12.3. The molecule has 0 aliphatic carbocycles. The third-order valence-electron chi connectivity index (χ3n) is 2.80. The van der Waals surface area contributed by atoms with Gasteiger partial charge in [0.15, 0.2) is 0 Å². The topological polar surface area (TPSA) is 30.7 Å². The average molecular weight is 279 g/mol. The van der Waals surface area contributed by atoms with E-state index in [1.54, 1.807) is 6.20 Å². The van der Waals surface area contributed by atoms with Gasteiger partial charge in [0.05, 0.1) is 0 Å². The Labute approximate surface area is 110 Å². The number of hydrogen-bond acceptors (Lipinski definition) is 2. The molecule has 0 aliphatic rings. The minimum atomic E-state index is 0.938. The van der Waals surface area contributed by atoms with Crippen molar-refractivity contribution in [3.05, 3.63) is 48.2 Å². The van der Waals surface area contributed by atoms with Crippen molar-refractivity contribution < 1.29 is 0 Å². The van der Waals surface area contributed by atoms with Crippen molar-refractivity contribution in [2.45, 2.75) is 6.92 Å². The summed E-state index contributed by atoms with van der Waals surface area (Å²) in [6.07, 6.45) is 1.81. The van der Waals surface area contributed by atoms with Crippen LogP contribution in [0.5, 0.6) is 0 Å². The number of imidazole rings is 1. The zero-order chi connectivity index (χ0) is 11.8. The Morgan fingerprint density at radius 1 is 1.18 bits per heavy atom. The normalized spacial score (nSPS) is 10.9. The zero-order valence-electron chi connectivity index (χ0n) is 9.59. The number of rotatable bonds is 1. The summed E-state index contributed by atoms with van der Waals surface area (Å²) in [5.74, 6) is 0.964. The summed E-state index contributed by atoms with van der Waals surface area (Å²) < 4.78 is 2.21.